The van der Waals surface area contributed by atoms with Gasteiger partial charge in [0.1, 0.15) is 6.54 Å². The Labute approximate surface area is 136 Å². The van der Waals surface area contributed by atoms with Gasteiger partial charge in [0.15, 0.2) is 0 Å². The highest BCUT2D eigenvalue weighted by molar-refractivity contribution is 5.76. The van der Waals surface area contributed by atoms with Gasteiger partial charge in [0.2, 0.25) is 5.91 Å². The first-order valence-electron chi connectivity index (χ1n) is 7.59. The Morgan fingerprint density at radius 2 is 1.96 bits per heavy atom. The van der Waals surface area contributed by atoms with Gasteiger partial charge in [0.25, 0.3) is 11.1 Å². The van der Waals surface area contributed by atoms with Gasteiger partial charge in [-0.25, -0.2) is 9.78 Å². The van der Waals surface area contributed by atoms with Gasteiger partial charge in [0, 0.05) is 36.8 Å². The van der Waals surface area contributed by atoms with Crippen molar-refractivity contribution in [1.29, 1.82) is 0 Å². The van der Waals surface area contributed by atoms with E-state index in [0.29, 0.717) is 42.8 Å². The number of nitrogens with zero attached hydrogens (tertiary/aromatic N) is 3. The number of carbonyl (C=O) groups is 1. The lowest BCUT2D eigenvalue weighted by Gasteiger charge is -2.20. The predicted molar refractivity (Wildman–Crippen MR) is 84.9 cm³/mol. The molecular formula is C15H17N5O4. The molecule has 2 aromatic heterocycles. The van der Waals surface area contributed by atoms with Gasteiger partial charge in [0.05, 0.1) is 12.0 Å². The van der Waals surface area contributed by atoms with E-state index in [4.69, 9.17) is 0 Å². The molecule has 3 heterocycles. The second-order valence-corrected chi connectivity index (χ2v) is 5.74. The maximum atomic E-state index is 12.5. The molecule has 0 bridgehead atoms. The second-order valence-electron chi connectivity index (χ2n) is 5.74. The summed E-state index contributed by atoms with van der Waals surface area (Å²) in [6.07, 6.45) is 3.65. The molecule has 126 valence electrons. The summed E-state index contributed by atoms with van der Waals surface area (Å²) in [5.74, 6) is -0.243. The zero-order valence-electron chi connectivity index (χ0n) is 13.2. The van der Waals surface area contributed by atoms with E-state index in [0.717, 1.165) is 0 Å². The zero-order valence-corrected chi connectivity index (χ0v) is 13.2. The lowest BCUT2D eigenvalue weighted by atomic mass is 10.1. The summed E-state index contributed by atoms with van der Waals surface area (Å²) < 4.78 is 1.18. The molecular weight excluding hydrogens is 314 g/mol. The van der Waals surface area contributed by atoms with Crippen LogP contribution >= 0.6 is 0 Å². The standard InChI is InChI=1S/C15H17N5O4/c1-9-6-20(15(24)18-13(9)22)7-12(21)19-4-2-10-11(3-5-19)16-8-17-14(10)23/h6,8H,2-5,7H2,1H3,(H,16,17,23)(H,18,22,24). The van der Waals surface area contributed by atoms with Crippen LogP contribution in [0.25, 0.3) is 0 Å². The summed E-state index contributed by atoms with van der Waals surface area (Å²) >= 11 is 0. The lowest BCUT2D eigenvalue weighted by molar-refractivity contribution is -0.131. The smallest absolute Gasteiger partial charge is 0.328 e. The maximum absolute atomic E-state index is 12.5. The number of H-pyrrole nitrogens is 2. The molecule has 0 radical (unpaired) electrons. The van der Waals surface area contributed by atoms with Crippen molar-refractivity contribution in [3.63, 3.8) is 0 Å². The maximum Gasteiger partial charge on any atom is 0.328 e. The minimum Gasteiger partial charge on any atom is -0.340 e. The Bertz CT molecular complexity index is 955. The third-order valence-electron chi connectivity index (χ3n) is 4.14. The third-order valence-corrected chi connectivity index (χ3v) is 4.14. The SMILES string of the molecule is Cc1cn(CC(=O)N2CCc3nc[nH]c(=O)c3CC2)c(=O)[nH]c1=O. The molecule has 0 saturated heterocycles. The molecule has 24 heavy (non-hydrogen) atoms. The molecule has 0 aliphatic carbocycles. The van der Waals surface area contributed by atoms with E-state index in [1.165, 1.54) is 17.1 Å². The first-order chi connectivity index (χ1) is 11.5. The molecule has 0 saturated carbocycles. The Morgan fingerprint density at radius 3 is 2.75 bits per heavy atom. The fourth-order valence-electron chi connectivity index (χ4n) is 2.77. The number of carbonyl (C=O) groups excluding carboxylic acids is 1. The molecule has 3 rings (SSSR count). The number of hydrogen-bond donors (Lipinski definition) is 2. The molecule has 2 N–H and O–H groups in total. The molecule has 0 atom stereocenters. The van der Waals surface area contributed by atoms with Crippen LogP contribution in [0.5, 0.6) is 0 Å². The van der Waals surface area contributed by atoms with Crippen molar-refractivity contribution in [3.05, 3.63) is 60.5 Å². The number of amides is 1. The van der Waals surface area contributed by atoms with Crippen LogP contribution in [-0.2, 0) is 24.2 Å². The largest absolute Gasteiger partial charge is 0.340 e. The molecule has 0 aromatic carbocycles. The number of fused-ring (bicyclic) bond motifs is 1. The van der Waals surface area contributed by atoms with Gasteiger partial charge >= 0.3 is 5.69 Å². The van der Waals surface area contributed by atoms with Crippen molar-refractivity contribution in [3.8, 4) is 0 Å². The number of aromatic amines is 2. The van der Waals surface area contributed by atoms with Crippen molar-refractivity contribution < 1.29 is 4.79 Å². The van der Waals surface area contributed by atoms with E-state index in [1.807, 2.05) is 0 Å². The van der Waals surface area contributed by atoms with Gasteiger partial charge in [-0.15, -0.1) is 0 Å². The van der Waals surface area contributed by atoms with Crippen LogP contribution in [0.1, 0.15) is 16.8 Å². The molecule has 1 aliphatic rings. The van der Waals surface area contributed by atoms with E-state index in [-0.39, 0.29) is 18.0 Å². The van der Waals surface area contributed by atoms with E-state index >= 15 is 0 Å². The molecule has 9 heteroatoms. The van der Waals surface area contributed by atoms with Crippen molar-refractivity contribution in [2.75, 3.05) is 13.1 Å². The van der Waals surface area contributed by atoms with E-state index in [1.54, 1.807) is 11.8 Å². The minimum absolute atomic E-state index is 0.156. The van der Waals surface area contributed by atoms with Crippen LogP contribution in [0, 0.1) is 6.92 Å². The van der Waals surface area contributed by atoms with Crippen LogP contribution in [0.3, 0.4) is 0 Å². The topological polar surface area (TPSA) is 121 Å². The van der Waals surface area contributed by atoms with Crippen LogP contribution in [0.15, 0.2) is 26.9 Å². The van der Waals surface area contributed by atoms with E-state index in [9.17, 15) is 19.2 Å². The summed E-state index contributed by atoms with van der Waals surface area (Å²) in [5, 5.41) is 0. The first kappa shape index (κ1) is 15.9. The summed E-state index contributed by atoms with van der Waals surface area (Å²) in [6, 6.07) is 0. The Kier molecular flexibility index (Phi) is 4.15. The molecule has 2 aromatic rings. The Hall–Kier alpha value is -2.97. The zero-order chi connectivity index (χ0) is 17.3. The number of hydrogen-bond acceptors (Lipinski definition) is 5. The first-order valence-corrected chi connectivity index (χ1v) is 7.59. The van der Waals surface area contributed by atoms with Crippen LogP contribution < -0.4 is 16.8 Å². The third kappa shape index (κ3) is 3.05. The van der Waals surface area contributed by atoms with Crippen LogP contribution in [0.2, 0.25) is 0 Å². The number of aryl methyl sites for hydroxylation is 1. The molecule has 0 spiro atoms. The number of rotatable bonds is 2. The summed E-state index contributed by atoms with van der Waals surface area (Å²) in [4.78, 5) is 57.9. The van der Waals surface area contributed by atoms with Crippen molar-refractivity contribution >= 4 is 5.91 Å². The molecule has 1 amide bonds. The van der Waals surface area contributed by atoms with Crippen molar-refractivity contribution in [1.82, 2.24) is 24.4 Å². The highest BCUT2D eigenvalue weighted by Gasteiger charge is 2.21. The summed E-state index contributed by atoms with van der Waals surface area (Å²) in [5.41, 5.74) is 0.411. The van der Waals surface area contributed by atoms with E-state index < -0.39 is 11.2 Å². The fraction of sp³-hybridized carbons (Fsp3) is 0.400. The molecule has 0 unspecified atom stereocenters. The predicted octanol–water partition coefficient (Wildman–Crippen LogP) is -1.44. The molecule has 9 nitrogen and oxygen atoms in total. The Morgan fingerprint density at radius 1 is 1.21 bits per heavy atom. The molecule has 0 fully saturated rings. The quantitative estimate of drug-likeness (QED) is 0.698. The summed E-state index contributed by atoms with van der Waals surface area (Å²) in [7, 11) is 0. The van der Waals surface area contributed by atoms with Gasteiger partial charge < -0.3 is 9.88 Å². The van der Waals surface area contributed by atoms with Crippen LogP contribution in [-0.4, -0.2) is 43.4 Å². The van der Waals surface area contributed by atoms with E-state index in [2.05, 4.69) is 15.0 Å². The highest BCUT2D eigenvalue weighted by atomic mass is 16.2. The molecule has 1 aliphatic heterocycles. The fourth-order valence-corrected chi connectivity index (χ4v) is 2.77. The van der Waals surface area contributed by atoms with Gasteiger partial charge in [-0.05, 0) is 13.3 Å². The lowest BCUT2D eigenvalue weighted by Crippen LogP contribution is -2.40. The highest BCUT2D eigenvalue weighted by Crippen LogP contribution is 2.10. The van der Waals surface area contributed by atoms with Crippen molar-refractivity contribution in [2.24, 2.45) is 0 Å². The average Bonchev–Trinajstić information content (AvgIpc) is 2.76. The number of nitrogens with one attached hydrogen (secondary N) is 2. The second kappa shape index (κ2) is 6.26. The van der Waals surface area contributed by atoms with Gasteiger partial charge in [-0.3, -0.25) is 23.9 Å². The monoisotopic (exact) mass is 331 g/mol. The van der Waals surface area contributed by atoms with Gasteiger partial charge in [-0.2, -0.15) is 0 Å². The van der Waals surface area contributed by atoms with Crippen LogP contribution in [0.4, 0.5) is 0 Å². The normalized spacial score (nSPS) is 14.1. The van der Waals surface area contributed by atoms with Crippen molar-refractivity contribution in [2.45, 2.75) is 26.3 Å². The average molecular weight is 331 g/mol. The Balaban J connectivity index is 1.77. The number of aromatic nitrogens is 4. The minimum atomic E-state index is -0.616. The van der Waals surface area contributed by atoms with Gasteiger partial charge in [-0.1, -0.05) is 0 Å². The summed E-state index contributed by atoms with van der Waals surface area (Å²) in [6.45, 7) is 2.23.